The number of ether oxygens (including phenoxy) is 1. The van der Waals surface area contributed by atoms with Crippen LogP contribution in [0.5, 0.6) is 5.75 Å². The molecule has 0 spiro atoms. The first kappa shape index (κ1) is 31.9. The van der Waals surface area contributed by atoms with Crippen molar-refractivity contribution in [1.82, 2.24) is 4.90 Å². The molecule has 1 heterocycles. The van der Waals surface area contributed by atoms with Crippen LogP contribution in [0, 0.1) is 11.3 Å². The van der Waals surface area contributed by atoms with Crippen LogP contribution < -0.4 is 4.74 Å². The van der Waals surface area contributed by atoms with Crippen LogP contribution in [0.25, 0.3) is 0 Å². The van der Waals surface area contributed by atoms with E-state index in [9.17, 15) is 10.1 Å². The van der Waals surface area contributed by atoms with Gasteiger partial charge in [-0.2, -0.15) is 5.26 Å². The molecule has 0 radical (unpaired) electrons. The quantitative estimate of drug-likeness (QED) is 0.110. The maximum absolute atomic E-state index is 13.9. The molecule has 5 rings (SSSR count). The number of nitrogens with zero attached hydrogens (tertiary/aromatic N) is 2. The van der Waals surface area contributed by atoms with E-state index in [4.69, 9.17) is 39.5 Å². The van der Waals surface area contributed by atoms with Gasteiger partial charge in [0, 0.05) is 12.6 Å². The summed E-state index contributed by atoms with van der Waals surface area (Å²) in [6.07, 6.45) is 1.75. The molecule has 0 amide bonds. The third kappa shape index (κ3) is 6.47. The summed E-state index contributed by atoms with van der Waals surface area (Å²) in [6.45, 7) is 2.05. The van der Waals surface area contributed by atoms with E-state index in [1.807, 2.05) is 91.0 Å². The zero-order chi connectivity index (χ0) is 28.9. The molecular formula is C34H30Cl4N2O2. The third-order valence-corrected chi connectivity index (χ3v) is 9.15. The van der Waals surface area contributed by atoms with Crippen molar-refractivity contribution < 1.29 is 9.53 Å². The number of esters is 1. The van der Waals surface area contributed by atoms with Crippen LogP contribution in [0.15, 0.2) is 103 Å². The molecule has 8 heteroatoms. The molecule has 1 saturated heterocycles. The number of rotatable bonds is 8. The topological polar surface area (TPSA) is 53.3 Å². The largest absolute Gasteiger partial charge is 0.424 e. The second-order valence-electron chi connectivity index (χ2n) is 10.4. The van der Waals surface area contributed by atoms with Gasteiger partial charge in [0.15, 0.2) is 5.75 Å². The Labute approximate surface area is 268 Å². The molecule has 1 fully saturated rings. The lowest BCUT2D eigenvalue weighted by Crippen LogP contribution is -2.49. The van der Waals surface area contributed by atoms with E-state index in [0.717, 1.165) is 16.7 Å². The highest BCUT2D eigenvalue weighted by atomic mass is 35.5. The van der Waals surface area contributed by atoms with Crippen molar-refractivity contribution in [1.29, 1.82) is 5.26 Å². The Balaban J connectivity index is 0.00000405. The standard InChI is InChI=1S/C34H29Cl3N2O2.ClH/c35-28-22-30(37)31(23-29(28)36)41-32(40)33(25-10-4-1-5-11-25)16-19-39(20-17-33)21-18-34(24-38,26-12-6-2-7-13-26)27-14-8-3-9-15-27;/h1-15,22-23H,16-21H2;1H. The SMILES string of the molecule is Cl.N#CC(CCN1CCC(C(=O)Oc2cc(Cl)c(Cl)cc2Cl)(c2ccccc2)CC1)(c1ccccc1)c1ccccc1. The Morgan fingerprint density at radius 1 is 0.810 bits per heavy atom. The molecule has 0 atom stereocenters. The van der Waals surface area contributed by atoms with Gasteiger partial charge in [-0.15, -0.1) is 12.4 Å². The number of hydrogen-bond donors (Lipinski definition) is 0. The number of halogens is 4. The van der Waals surface area contributed by atoms with Crippen molar-refractivity contribution in [3.8, 4) is 11.8 Å². The summed E-state index contributed by atoms with van der Waals surface area (Å²) in [5.74, 6) is -0.183. The number of benzene rings is 4. The highest BCUT2D eigenvalue weighted by Crippen LogP contribution is 2.41. The first-order valence-corrected chi connectivity index (χ1v) is 14.7. The first-order chi connectivity index (χ1) is 19.9. The molecule has 4 aromatic carbocycles. The molecule has 0 bridgehead atoms. The predicted molar refractivity (Wildman–Crippen MR) is 172 cm³/mol. The summed E-state index contributed by atoms with van der Waals surface area (Å²) < 4.78 is 5.89. The molecule has 4 aromatic rings. The maximum Gasteiger partial charge on any atom is 0.322 e. The van der Waals surface area contributed by atoms with E-state index in [-0.39, 0.29) is 34.2 Å². The number of piperidine rings is 1. The predicted octanol–water partition coefficient (Wildman–Crippen LogP) is 8.91. The van der Waals surface area contributed by atoms with Crippen LogP contribution in [0.3, 0.4) is 0 Å². The van der Waals surface area contributed by atoms with Crippen molar-refractivity contribution in [2.75, 3.05) is 19.6 Å². The van der Waals surface area contributed by atoms with Crippen molar-refractivity contribution >= 4 is 53.2 Å². The summed E-state index contributed by atoms with van der Waals surface area (Å²) in [4.78, 5) is 16.2. The van der Waals surface area contributed by atoms with Gasteiger partial charge in [0.25, 0.3) is 0 Å². The van der Waals surface area contributed by atoms with Crippen molar-refractivity contribution in [3.63, 3.8) is 0 Å². The van der Waals surface area contributed by atoms with Gasteiger partial charge in [-0.25, -0.2) is 0 Å². The number of nitriles is 1. The van der Waals surface area contributed by atoms with E-state index in [1.165, 1.54) is 12.1 Å². The Morgan fingerprint density at radius 2 is 1.31 bits per heavy atom. The maximum atomic E-state index is 13.9. The second kappa shape index (κ2) is 14.0. The van der Waals surface area contributed by atoms with Crippen LogP contribution in [0.4, 0.5) is 0 Å². The summed E-state index contributed by atoms with van der Waals surface area (Å²) in [7, 11) is 0. The minimum absolute atomic E-state index is 0. The number of carbonyl (C=O) groups excluding carboxylic acids is 1. The average molecular weight is 640 g/mol. The fourth-order valence-electron chi connectivity index (χ4n) is 5.72. The molecule has 216 valence electrons. The summed E-state index contributed by atoms with van der Waals surface area (Å²) >= 11 is 18.6. The molecule has 1 aliphatic heterocycles. The minimum Gasteiger partial charge on any atom is -0.424 e. The van der Waals surface area contributed by atoms with Crippen LogP contribution >= 0.6 is 47.2 Å². The number of hydrogen-bond acceptors (Lipinski definition) is 4. The van der Waals surface area contributed by atoms with Gasteiger partial charge in [0.2, 0.25) is 0 Å². The van der Waals surface area contributed by atoms with E-state index in [2.05, 4.69) is 11.0 Å². The van der Waals surface area contributed by atoms with Crippen LogP contribution in [-0.2, 0) is 15.6 Å². The Kier molecular flexibility index (Phi) is 10.6. The summed E-state index contributed by atoms with van der Waals surface area (Å²) in [6, 6.07) is 35.3. The molecule has 0 aliphatic carbocycles. The van der Waals surface area contributed by atoms with Gasteiger partial charge >= 0.3 is 5.97 Å². The molecule has 0 unspecified atom stereocenters. The number of likely N-dealkylation sites (tertiary alicyclic amines) is 1. The third-order valence-electron chi connectivity index (χ3n) is 8.13. The van der Waals surface area contributed by atoms with Gasteiger partial charge in [-0.05, 0) is 55.1 Å². The van der Waals surface area contributed by atoms with E-state index in [0.29, 0.717) is 43.9 Å². The van der Waals surface area contributed by atoms with Gasteiger partial charge in [0.05, 0.1) is 26.6 Å². The van der Waals surface area contributed by atoms with Gasteiger partial charge in [0.1, 0.15) is 5.41 Å². The lowest BCUT2D eigenvalue weighted by molar-refractivity contribution is -0.143. The monoisotopic (exact) mass is 638 g/mol. The molecule has 0 aromatic heterocycles. The summed E-state index contributed by atoms with van der Waals surface area (Å²) in [5, 5.41) is 11.3. The molecule has 4 nitrogen and oxygen atoms in total. The lowest BCUT2D eigenvalue weighted by Gasteiger charge is -2.41. The Hall–Kier alpha value is -3.04. The number of carbonyl (C=O) groups is 1. The Bertz CT molecular complexity index is 1500. The van der Waals surface area contributed by atoms with E-state index >= 15 is 0 Å². The highest BCUT2D eigenvalue weighted by molar-refractivity contribution is 6.43. The molecule has 0 saturated carbocycles. The smallest absolute Gasteiger partial charge is 0.322 e. The first-order valence-electron chi connectivity index (χ1n) is 13.5. The molecule has 1 aliphatic rings. The van der Waals surface area contributed by atoms with Crippen LogP contribution in [0.2, 0.25) is 15.1 Å². The van der Waals surface area contributed by atoms with Crippen molar-refractivity contribution in [3.05, 3.63) is 135 Å². The molecule has 42 heavy (non-hydrogen) atoms. The lowest BCUT2D eigenvalue weighted by atomic mass is 9.71. The van der Waals surface area contributed by atoms with Gasteiger partial charge in [-0.3, -0.25) is 4.79 Å². The molecular weight excluding hydrogens is 610 g/mol. The van der Waals surface area contributed by atoms with Crippen LogP contribution in [-0.4, -0.2) is 30.5 Å². The highest BCUT2D eigenvalue weighted by Gasteiger charge is 2.45. The van der Waals surface area contributed by atoms with Crippen molar-refractivity contribution in [2.24, 2.45) is 0 Å². The zero-order valence-electron chi connectivity index (χ0n) is 22.8. The van der Waals surface area contributed by atoms with E-state index in [1.54, 1.807) is 0 Å². The molecule has 0 N–H and O–H groups in total. The Morgan fingerprint density at radius 3 is 1.83 bits per heavy atom. The normalized spacial score (nSPS) is 14.8. The van der Waals surface area contributed by atoms with Gasteiger partial charge < -0.3 is 9.64 Å². The zero-order valence-corrected chi connectivity index (χ0v) is 25.9. The van der Waals surface area contributed by atoms with Crippen molar-refractivity contribution in [2.45, 2.75) is 30.1 Å². The minimum atomic E-state index is -0.849. The summed E-state index contributed by atoms with van der Waals surface area (Å²) in [5.41, 5.74) is 1.23. The second-order valence-corrected chi connectivity index (χ2v) is 11.6. The average Bonchev–Trinajstić information content (AvgIpc) is 3.02. The van der Waals surface area contributed by atoms with E-state index < -0.39 is 10.8 Å². The van der Waals surface area contributed by atoms with Crippen LogP contribution in [0.1, 0.15) is 36.0 Å². The van der Waals surface area contributed by atoms with Gasteiger partial charge in [-0.1, -0.05) is 126 Å². The fourth-order valence-corrected chi connectivity index (χ4v) is 6.29. The fraction of sp³-hybridized carbons (Fsp3) is 0.235.